The van der Waals surface area contributed by atoms with E-state index in [9.17, 15) is 4.79 Å². The molecule has 0 spiro atoms. The molecule has 0 aromatic heterocycles. The van der Waals surface area contributed by atoms with Gasteiger partial charge in [0.05, 0.1) is 0 Å². The molecule has 3 N–H and O–H groups in total. The van der Waals surface area contributed by atoms with E-state index >= 15 is 0 Å². The van der Waals surface area contributed by atoms with E-state index in [-0.39, 0.29) is 5.91 Å². The van der Waals surface area contributed by atoms with Gasteiger partial charge in [0.25, 0.3) is 0 Å². The third-order valence-corrected chi connectivity index (χ3v) is 5.85. The third-order valence-electron chi connectivity index (χ3n) is 5.85. The summed E-state index contributed by atoms with van der Waals surface area (Å²) >= 11 is 0. The van der Waals surface area contributed by atoms with Crippen LogP contribution < -0.4 is 11.1 Å². The Morgan fingerprint density at radius 2 is 1.13 bits per heavy atom. The maximum absolute atomic E-state index is 10.6. The highest BCUT2D eigenvalue weighted by Crippen LogP contribution is 2.12. The first-order chi connectivity index (χ1) is 15.1. The van der Waals surface area contributed by atoms with E-state index in [1.165, 1.54) is 103 Å². The van der Waals surface area contributed by atoms with Gasteiger partial charge in [-0.15, -0.1) is 0 Å². The lowest BCUT2D eigenvalue weighted by molar-refractivity contribution is -0.118. The van der Waals surface area contributed by atoms with E-state index in [0.717, 1.165) is 19.4 Å². The van der Waals surface area contributed by atoms with Crippen LogP contribution >= 0.6 is 0 Å². The molecule has 0 rings (SSSR count). The molecule has 0 bridgehead atoms. The topological polar surface area (TPSA) is 55.1 Å². The molecule has 0 aliphatic rings. The number of rotatable bonds is 22. The average molecular weight is 439 g/mol. The normalized spacial score (nSPS) is 12.0. The zero-order valence-corrected chi connectivity index (χ0v) is 21.9. The number of allylic oxidation sites excluding steroid dienone is 2. The maximum atomic E-state index is 10.6. The van der Waals surface area contributed by atoms with E-state index in [1.54, 1.807) is 0 Å². The molecule has 1 amide bonds. The van der Waals surface area contributed by atoms with Crippen molar-refractivity contribution in [2.45, 2.75) is 156 Å². The fourth-order valence-electron chi connectivity index (χ4n) is 3.57. The Bertz CT molecular complexity index is 368. The minimum Gasteiger partial charge on any atom is -0.370 e. The lowest BCUT2D eigenvalue weighted by atomic mass is 10.1. The van der Waals surface area contributed by atoms with E-state index in [2.05, 4.69) is 45.2 Å². The number of nitrogens with one attached hydrogen (secondary N) is 1. The van der Waals surface area contributed by atoms with Gasteiger partial charge in [0.15, 0.2) is 0 Å². The van der Waals surface area contributed by atoms with Crippen molar-refractivity contribution in [1.29, 1.82) is 0 Å². The van der Waals surface area contributed by atoms with Crippen LogP contribution in [-0.2, 0) is 4.79 Å². The standard InChI is InChI=1S/C22H43NO.C6H15N/c1-2-3-4-5-6-7-8-9-10-11-12-13-14-15-16-17-18-19-20-21-22(23)24;1-4-6(3)7-5-2/h9-10H,2-8,11-21H2,1H3,(H2,23,24);6-7H,4-5H2,1-3H3/b10-9-;. The molecule has 0 aliphatic carbocycles. The van der Waals surface area contributed by atoms with Gasteiger partial charge >= 0.3 is 0 Å². The van der Waals surface area contributed by atoms with Crippen LogP contribution in [-0.4, -0.2) is 18.5 Å². The summed E-state index contributed by atoms with van der Waals surface area (Å²) in [4.78, 5) is 10.6. The van der Waals surface area contributed by atoms with Gasteiger partial charge in [-0.3, -0.25) is 4.79 Å². The van der Waals surface area contributed by atoms with E-state index in [1.807, 2.05) is 0 Å². The number of carbonyl (C=O) groups is 1. The van der Waals surface area contributed by atoms with Gasteiger partial charge in [0.1, 0.15) is 0 Å². The number of unbranched alkanes of at least 4 members (excludes halogenated alkanes) is 15. The van der Waals surface area contributed by atoms with Crippen molar-refractivity contribution >= 4 is 5.91 Å². The van der Waals surface area contributed by atoms with Crippen molar-refractivity contribution in [3.63, 3.8) is 0 Å². The van der Waals surface area contributed by atoms with Crippen LogP contribution in [0.25, 0.3) is 0 Å². The van der Waals surface area contributed by atoms with Gasteiger partial charge in [-0.05, 0) is 52.0 Å². The van der Waals surface area contributed by atoms with Crippen LogP contribution in [0.2, 0.25) is 0 Å². The number of hydrogen-bond donors (Lipinski definition) is 2. The first-order valence-electron chi connectivity index (χ1n) is 13.7. The van der Waals surface area contributed by atoms with Crippen LogP contribution in [0.4, 0.5) is 0 Å². The Morgan fingerprint density at radius 3 is 1.48 bits per heavy atom. The summed E-state index contributed by atoms with van der Waals surface area (Å²) in [6.07, 6.45) is 29.1. The van der Waals surface area contributed by atoms with Crippen LogP contribution in [0.1, 0.15) is 150 Å². The van der Waals surface area contributed by atoms with E-state index in [0.29, 0.717) is 12.5 Å². The fraction of sp³-hybridized carbons (Fsp3) is 0.893. The molecule has 1 unspecified atom stereocenters. The Balaban J connectivity index is 0. The minimum atomic E-state index is -0.156. The summed E-state index contributed by atoms with van der Waals surface area (Å²) in [5.41, 5.74) is 5.13. The molecule has 0 aliphatic heterocycles. The Hall–Kier alpha value is -0.830. The maximum Gasteiger partial charge on any atom is 0.217 e. The van der Waals surface area contributed by atoms with Gasteiger partial charge in [0.2, 0.25) is 5.91 Å². The zero-order chi connectivity index (χ0) is 23.4. The lowest BCUT2D eigenvalue weighted by Crippen LogP contribution is -2.24. The highest BCUT2D eigenvalue weighted by molar-refractivity contribution is 5.73. The second-order valence-electron chi connectivity index (χ2n) is 9.08. The molecular formula is C28H58N2O. The number of amides is 1. The Morgan fingerprint density at radius 1 is 0.710 bits per heavy atom. The number of hydrogen-bond acceptors (Lipinski definition) is 2. The average Bonchev–Trinajstić information content (AvgIpc) is 2.75. The smallest absolute Gasteiger partial charge is 0.217 e. The monoisotopic (exact) mass is 438 g/mol. The molecule has 0 saturated heterocycles. The Labute approximate surface area is 196 Å². The second kappa shape index (κ2) is 29.2. The molecule has 0 saturated carbocycles. The second-order valence-corrected chi connectivity index (χ2v) is 9.08. The molecule has 31 heavy (non-hydrogen) atoms. The van der Waals surface area contributed by atoms with Gasteiger partial charge in [0, 0.05) is 12.5 Å². The SMILES string of the molecule is CCCCCCCC/C=C\CCCCCCCCCCCC(N)=O.CCNC(C)CC. The molecule has 3 nitrogen and oxygen atoms in total. The highest BCUT2D eigenvalue weighted by atomic mass is 16.1. The summed E-state index contributed by atoms with van der Waals surface area (Å²) in [7, 11) is 0. The third kappa shape index (κ3) is 34.0. The number of primary amides is 1. The fourth-order valence-corrected chi connectivity index (χ4v) is 3.57. The largest absolute Gasteiger partial charge is 0.370 e. The van der Waals surface area contributed by atoms with Crippen molar-refractivity contribution in [2.75, 3.05) is 6.54 Å². The van der Waals surface area contributed by atoms with Crippen molar-refractivity contribution in [3.05, 3.63) is 12.2 Å². The van der Waals surface area contributed by atoms with Crippen molar-refractivity contribution in [3.8, 4) is 0 Å². The van der Waals surface area contributed by atoms with Gasteiger partial charge < -0.3 is 11.1 Å². The summed E-state index contributed by atoms with van der Waals surface area (Å²) in [6.45, 7) is 9.88. The van der Waals surface area contributed by atoms with Gasteiger partial charge in [-0.1, -0.05) is 110 Å². The van der Waals surface area contributed by atoms with E-state index < -0.39 is 0 Å². The zero-order valence-electron chi connectivity index (χ0n) is 21.9. The van der Waals surface area contributed by atoms with Crippen LogP contribution in [0.5, 0.6) is 0 Å². The van der Waals surface area contributed by atoms with Crippen LogP contribution in [0.15, 0.2) is 12.2 Å². The van der Waals surface area contributed by atoms with Crippen molar-refractivity contribution in [1.82, 2.24) is 5.32 Å². The number of nitrogens with two attached hydrogens (primary N) is 1. The molecular weight excluding hydrogens is 380 g/mol. The quantitative estimate of drug-likeness (QED) is 0.131. The first kappa shape index (κ1) is 32.4. The first-order valence-corrected chi connectivity index (χ1v) is 13.7. The molecule has 0 fully saturated rings. The van der Waals surface area contributed by atoms with Crippen molar-refractivity contribution < 1.29 is 4.79 Å². The van der Waals surface area contributed by atoms with Gasteiger partial charge in [-0.2, -0.15) is 0 Å². The Kier molecular flexibility index (Phi) is 30.4. The highest BCUT2D eigenvalue weighted by Gasteiger charge is 1.95. The van der Waals surface area contributed by atoms with E-state index in [4.69, 9.17) is 5.73 Å². The van der Waals surface area contributed by atoms with Crippen LogP contribution in [0.3, 0.4) is 0 Å². The van der Waals surface area contributed by atoms with Crippen molar-refractivity contribution in [2.24, 2.45) is 5.73 Å². The summed E-state index contributed by atoms with van der Waals surface area (Å²) in [6, 6.07) is 0.699. The summed E-state index contributed by atoms with van der Waals surface area (Å²) in [5, 5.41) is 3.30. The minimum absolute atomic E-state index is 0.156. The molecule has 3 heteroatoms. The summed E-state index contributed by atoms with van der Waals surface area (Å²) < 4.78 is 0. The van der Waals surface area contributed by atoms with Gasteiger partial charge in [-0.25, -0.2) is 0 Å². The summed E-state index contributed by atoms with van der Waals surface area (Å²) in [5.74, 6) is -0.156. The van der Waals surface area contributed by atoms with Crippen LogP contribution in [0, 0.1) is 0 Å². The molecule has 186 valence electrons. The lowest BCUT2D eigenvalue weighted by Gasteiger charge is -2.06. The molecule has 0 aromatic carbocycles. The molecule has 0 heterocycles. The molecule has 0 aromatic rings. The molecule has 1 atom stereocenters. The molecule has 0 radical (unpaired) electrons. The number of carbonyl (C=O) groups excluding carboxylic acids is 1. The predicted molar refractivity (Wildman–Crippen MR) is 141 cm³/mol. The predicted octanol–water partition coefficient (Wildman–Crippen LogP) is 8.46.